The van der Waals surface area contributed by atoms with E-state index in [1.807, 2.05) is 6.92 Å². The number of thiocarbonyl (C=S) groups is 1. The molecule has 0 radical (unpaired) electrons. The Morgan fingerprint density at radius 1 is 1.10 bits per heavy atom. The molecule has 8 heteroatoms. The van der Waals surface area contributed by atoms with E-state index in [1.54, 1.807) is 61.7 Å². The lowest BCUT2D eigenvalue weighted by atomic mass is 10.1. The van der Waals surface area contributed by atoms with Crippen molar-refractivity contribution < 1.29 is 19.1 Å². The lowest BCUT2D eigenvalue weighted by molar-refractivity contribution is -0.121. The molecule has 1 saturated heterocycles. The zero-order valence-electron chi connectivity index (χ0n) is 17.2. The first-order chi connectivity index (χ1) is 14.9. The summed E-state index contributed by atoms with van der Waals surface area (Å²) in [5, 5.41) is 2.80. The van der Waals surface area contributed by atoms with E-state index in [2.05, 4.69) is 5.32 Å². The van der Waals surface area contributed by atoms with Gasteiger partial charge in [0.15, 0.2) is 0 Å². The van der Waals surface area contributed by atoms with Gasteiger partial charge in [-0.2, -0.15) is 0 Å². The number of carbonyl (C=O) groups is 3. The number of amides is 2. The SMILES string of the molecule is CCCCOC(=O)c1ccc(NC(=O)c2ccc(C=C3SC(=S)N(C)C3=O)cc2)cc1. The molecule has 2 aromatic carbocycles. The van der Waals surface area contributed by atoms with E-state index in [9.17, 15) is 14.4 Å². The molecule has 3 rings (SSSR count). The van der Waals surface area contributed by atoms with E-state index >= 15 is 0 Å². The van der Waals surface area contributed by atoms with Crippen molar-refractivity contribution in [2.24, 2.45) is 0 Å². The smallest absolute Gasteiger partial charge is 0.338 e. The van der Waals surface area contributed by atoms with E-state index in [0.29, 0.717) is 32.6 Å². The van der Waals surface area contributed by atoms with E-state index in [1.165, 1.54) is 16.7 Å². The fourth-order valence-electron chi connectivity index (χ4n) is 2.71. The molecule has 31 heavy (non-hydrogen) atoms. The average Bonchev–Trinajstić information content (AvgIpc) is 3.01. The Kier molecular flexibility index (Phi) is 7.59. The second-order valence-corrected chi connectivity index (χ2v) is 8.56. The van der Waals surface area contributed by atoms with E-state index < -0.39 is 0 Å². The summed E-state index contributed by atoms with van der Waals surface area (Å²) in [6.45, 7) is 2.43. The lowest BCUT2D eigenvalue weighted by Gasteiger charge is -2.07. The number of unbranched alkanes of at least 4 members (excludes halogenated alkanes) is 1. The first kappa shape index (κ1) is 22.7. The number of likely N-dealkylation sites (N-methyl/N-ethyl adjacent to an activating group) is 1. The molecule has 0 saturated carbocycles. The normalized spacial score (nSPS) is 14.8. The quantitative estimate of drug-likeness (QED) is 0.282. The van der Waals surface area contributed by atoms with Crippen molar-refractivity contribution in [1.82, 2.24) is 4.90 Å². The summed E-state index contributed by atoms with van der Waals surface area (Å²) >= 11 is 6.38. The van der Waals surface area contributed by atoms with Crippen LogP contribution >= 0.6 is 24.0 Å². The topological polar surface area (TPSA) is 75.7 Å². The van der Waals surface area contributed by atoms with Crippen LogP contribution in [0.5, 0.6) is 0 Å². The summed E-state index contributed by atoms with van der Waals surface area (Å²) in [6, 6.07) is 13.5. The van der Waals surface area contributed by atoms with Crippen LogP contribution in [0.15, 0.2) is 53.4 Å². The predicted octanol–water partition coefficient (Wildman–Crippen LogP) is 4.73. The number of hydrogen-bond acceptors (Lipinski definition) is 6. The molecular weight excluding hydrogens is 432 g/mol. The molecule has 1 fully saturated rings. The molecule has 1 N–H and O–H groups in total. The molecule has 0 aromatic heterocycles. The van der Waals surface area contributed by atoms with Crippen molar-refractivity contribution in [3.63, 3.8) is 0 Å². The Morgan fingerprint density at radius 2 is 1.74 bits per heavy atom. The fourth-order valence-corrected chi connectivity index (χ4v) is 3.89. The Labute approximate surface area is 190 Å². The summed E-state index contributed by atoms with van der Waals surface area (Å²) in [5.74, 6) is -0.777. The van der Waals surface area contributed by atoms with E-state index in [0.717, 1.165) is 18.4 Å². The molecule has 6 nitrogen and oxygen atoms in total. The minimum absolute atomic E-state index is 0.130. The molecule has 2 aromatic rings. The van der Waals surface area contributed by atoms with Crippen LogP contribution in [0.4, 0.5) is 5.69 Å². The number of anilines is 1. The molecule has 1 aliphatic rings. The molecule has 0 atom stereocenters. The summed E-state index contributed by atoms with van der Waals surface area (Å²) in [7, 11) is 1.65. The standard InChI is InChI=1S/C23H22N2O4S2/c1-3-4-13-29-22(28)17-9-11-18(12-10-17)24-20(26)16-7-5-15(6-8-16)14-19-21(27)25(2)23(30)31-19/h5-12,14H,3-4,13H2,1-2H3,(H,24,26). The number of ether oxygens (including phenoxy) is 1. The molecule has 2 amide bonds. The molecule has 0 aliphatic carbocycles. The van der Waals surface area contributed by atoms with Gasteiger partial charge in [-0.3, -0.25) is 14.5 Å². The number of rotatable bonds is 7. The molecule has 160 valence electrons. The third kappa shape index (κ3) is 5.80. The van der Waals surface area contributed by atoms with Gasteiger partial charge in [0.2, 0.25) is 0 Å². The van der Waals surface area contributed by atoms with Gasteiger partial charge in [0.05, 0.1) is 17.1 Å². The van der Waals surface area contributed by atoms with Gasteiger partial charge in [0.25, 0.3) is 11.8 Å². The lowest BCUT2D eigenvalue weighted by Crippen LogP contribution is -2.22. The number of nitrogens with zero attached hydrogens (tertiary/aromatic N) is 1. The maximum atomic E-state index is 12.5. The summed E-state index contributed by atoms with van der Waals surface area (Å²) in [5.41, 5.74) is 2.29. The van der Waals surface area contributed by atoms with Crippen LogP contribution in [0, 0.1) is 0 Å². The minimum atomic E-state index is -0.373. The summed E-state index contributed by atoms with van der Waals surface area (Å²) in [4.78, 5) is 38.5. The molecule has 0 unspecified atom stereocenters. The highest BCUT2D eigenvalue weighted by Crippen LogP contribution is 2.31. The number of esters is 1. The molecule has 1 heterocycles. The van der Waals surface area contributed by atoms with Crippen molar-refractivity contribution in [3.05, 3.63) is 70.1 Å². The van der Waals surface area contributed by atoms with Crippen LogP contribution in [0.25, 0.3) is 6.08 Å². The minimum Gasteiger partial charge on any atom is -0.462 e. The van der Waals surface area contributed by atoms with E-state index in [-0.39, 0.29) is 17.8 Å². The van der Waals surface area contributed by atoms with Gasteiger partial charge in [-0.05, 0) is 54.5 Å². The maximum Gasteiger partial charge on any atom is 0.338 e. The van der Waals surface area contributed by atoms with Crippen molar-refractivity contribution in [1.29, 1.82) is 0 Å². The van der Waals surface area contributed by atoms with Crippen molar-refractivity contribution in [2.45, 2.75) is 19.8 Å². The molecular formula is C23H22N2O4S2. The first-order valence-corrected chi connectivity index (χ1v) is 11.0. The number of benzene rings is 2. The van der Waals surface area contributed by atoms with Crippen LogP contribution < -0.4 is 5.32 Å². The highest BCUT2D eigenvalue weighted by molar-refractivity contribution is 8.26. The zero-order chi connectivity index (χ0) is 22.4. The van der Waals surface area contributed by atoms with Crippen molar-refractivity contribution in [3.8, 4) is 0 Å². The molecule has 1 aliphatic heterocycles. The predicted molar refractivity (Wildman–Crippen MR) is 127 cm³/mol. The number of nitrogens with one attached hydrogen (secondary N) is 1. The van der Waals surface area contributed by atoms with Crippen molar-refractivity contribution >= 4 is 57.8 Å². The van der Waals surface area contributed by atoms with Gasteiger partial charge in [-0.25, -0.2) is 4.79 Å². The molecule has 0 spiro atoms. The highest BCUT2D eigenvalue weighted by Gasteiger charge is 2.28. The maximum absolute atomic E-state index is 12.5. The Balaban J connectivity index is 1.60. The van der Waals surface area contributed by atoms with Crippen LogP contribution in [0.2, 0.25) is 0 Å². The van der Waals surface area contributed by atoms with Gasteiger partial charge >= 0.3 is 5.97 Å². The molecule has 0 bridgehead atoms. The Hall–Kier alpha value is -2.97. The van der Waals surface area contributed by atoms with Crippen LogP contribution in [0.1, 0.15) is 46.0 Å². The van der Waals surface area contributed by atoms with Crippen LogP contribution in [0.3, 0.4) is 0 Å². The number of hydrogen-bond donors (Lipinski definition) is 1. The Bertz CT molecular complexity index is 1030. The van der Waals surface area contributed by atoms with Gasteiger partial charge in [-0.1, -0.05) is 49.5 Å². The Morgan fingerprint density at radius 3 is 2.32 bits per heavy atom. The van der Waals surface area contributed by atoms with E-state index in [4.69, 9.17) is 17.0 Å². The van der Waals surface area contributed by atoms with Gasteiger partial charge < -0.3 is 10.1 Å². The number of carbonyl (C=O) groups excluding carboxylic acids is 3. The van der Waals surface area contributed by atoms with Gasteiger partial charge in [0.1, 0.15) is 4.32 Å². The first-order valence-electron chi connectivity index (χ1n) is 9.79. The van der Waals surface area contributed by atoms with Gasteiger partial charge in [0, 0.05) is 18.3 Å². The summed E-state index contributed by atoms with van der Waals surface area (Å²) in [6.07, 6.45) is 3.54. The van der Waals surface area contributed by atoms with Crippen LogP contribution in [-0.4, -0.2) is 40.7 Å². The third-order valence-electron chi connectivity index (χ3n) is 4.57. The second-order valence-electron chi connectivity index (χ2n) is 6.88. The third-order valence-corrected chi connectivity index (χ3v) is 6.05. The fraction of sp³-hybridized carbons (Fsp3) is 0.217. The van der Waals surface area contributed by atoms with Crippen molar-refractivity contribution in [2.75, 3.05) is 19.0 Å². The summed E-state index contributed by atoms with van der Waals surface area (Å²) < 4.78 is 5.69. The average molecular weight is 455 g/mol. The highest BCUT2D eigenvalue weighted by atomic mass is 32.2. The van der Waals surface area contributed by atoms with Crippen LogP contribution in [-0.2, 0) is 9.53 Å². The monoisotopic (exact) mass is 454 g/mol. The second kappa shape index (κ2) is 10.4. The zero-order valence-corrected chi connectivity index (χ0v) is 18.8. The number of thioether (sulfide) groups is 1. The van der Waals surface area contributed by atoms with Gasteiger partial charge in [-0.15, -0.1) is 0 Å². The largest absolute Gasteiger partial charge is 0.462 e.